The van der Waals surface area contributed by atoms with Crippen molar-refractivity contribution in [2.24, 2.45) is 4.99 Å². The van der Waals surface area contributed by atoms with Crippen molar-refractivity contribution in [2.75, 3.05) is 17.6 Å². The molecule has 0 unspecified atom stereocenters. The van der Waals surface area contributed by atoms with Gasteiger partial charge in [-0.2, -0.15) is 0 Å². The van der Waals surface area contributed by atoms with Crippen LogP contribution in [0.4, 0.5) is 11.5 Å². The van der Waals surface area contributed by atoms with E-state index in [1.165, 1.54) is 5.57 Å². The number of aliphatic hydroxyl groups is 1. The molecule has 0 spiro atoms. The fraction of sp³-hybridized carbons (Fsp3) is 0.368. The molecule has 4 rings (SSSR count). The Morgan fingerprint density at radius 2 is 2.04 bits per heavy atom. The van der Waals surface area contributed by atoms with Crippen molar-refractivity contribution in [3.05, 3.63) is 35.9 Å². The topological polar surface area (TPSA) is 83.5 Å². The van der Waals surface area contributed by atoms with Gasteiger partial charge in [0.05, 0.1) is 24.2 Å². The van der Waals surface area contributed by atoms with Crippen molar-refractivity contribution in [2.45, 2.75) is 37.8 Å². The van der Waals surface area contributed by atoms with Crippen LogP contribution >= 0.6 is 0 Å². The molecule has 1 aromatic heterocycles. The van der Waals surface area contributed by atoms with Gasteiger partial charge in [0.1, 0.15) is 5.82 Å². The molecule has 5 nitrogen and oxygen atoms in total. The van der Waals surface area contributed by atoms with Crippen LogP contribution in [-0.4, -0.2) is 35.0 Å². The largest absolute Gasteiger partial charge is 0.391 e. The Bertz CT molecular complexity index is 827. The van der Waals surface area contributed by atoms with Gasteiger partial charge in [-0.1, -0.05) is 25.0 Å². The molecule has 0 bridgehead atoms. The van der Waals surface area contributed by atoms with E-state index in [0.29, 0.717) is 12.4 Å². The van der Waals surface area contributed by atoms with E-state index in [4.69, 9.17) is 5.73 Å². The maximum absolute atomic E-state index is 10.2. The third-order valence-corrected chi connectivity index (χ3v) is 4.91. The lowest BCUT2D eigenvalue weighted by Crippen LogP contribution is -2.36. The molecule has 1 fully saturated rings. The number of nitrogens with zero attached hydrogens (tertiary/aromatic N) is 2. The van der Waals surface area contributed by atoms with Gasteiger partial charge < -0.3 is 16.2 Å². The summed E-state index contributed by atoms with van der Waals surface area (Å²) in [6.45, 7) is 0.715. The van der Waals surface area contributed by atoms with Crippen LogP contribution < -0.4 is 11.1 Å². The average Bonchev–Trinajstić information content (AvgIpc) is 3.11. The standard InChI is InChI=1S/C19H22N4O/c20-19-10-17(22-15-3-1-2-4-18(15)24)14-6-5-12(9-16(14)23-19)13-7-8-21-11-13/h5-10,15,18,24H,1-4,11H2,(H3,20,22,23)/t15-,18-/m0/s1. The smallest absolute Gasteiger partial charge is 0.126 e. The van der Waals surface area contributed by atoms with E-state index in [9.17, 15) is 5.11 Å². The molecule has 2 atom stereocenters. The molecular weight excluding hydrogens is 300 g/mol. The predicted molar refractivity (Wildman–Crippen MR) is 99.4 cm³/mol. The zero-order valence-electron chi connectivity index (χ0n) is 13.6. The van der Waals surface area contributed by atoms with Gasteiger partial charge in [-0.3, -0.25) is 4.99 Å². The van der Waals surface area contributed by atoms with Gasteiger partial charge in [-0.25, -0.2) is 4.98 Å². The highest BCUT2D eigenvalue weighted by Crippen LogP contribution is 2.30. The Kier molecular flexibility index (Phi) is 3.94. The second-order valence-electron chi connectivity index (χ2n) is 6.61. The number of nitrogen functional groups attached to an aromatic ring is 1. The molecular formula is C19H22N4O. The van der Waals surface area contributed by atoms with Gasteiger partial charge in [0, 0.05) is 23.4 Å². The van der Waals surface area contributed by atoms with Crippen LogP contribution in [0, 0.1) is 0 Å². The molecule has 0 saturated heterocycles. The lowest BCUT2D eigenvalue weighted by Gasteiger charge is -2.29. The van der Waals surface area contributed by atoms with Gasteiger partial charge >= 0.3 is 0 Å². The molecule has 0 amide bonds. The van der Waals surface area contributed by atoms with Crippen LogP contribution in [0.3, 0.4) is 0 Å². The third-order valence-electron chi connectivity index (χ3n) is 4.91. The van der Waals surface area contributed by atoms with Crippen molar-refractivity contribution in [1.29, 1.82) is 0 Å². The molecule has 2 aromatic rings. The Morgan fingerprint density at radius 3 is 2.83 bits per heavy atom. The van der Waals surface area contributed by atoms with Crippen molar-refractivity contribution in [3.63, 3.8) is 0 Å². The SMILES string of the molecule is Nc1cc(N[C@H]2CCCC[C@@H]2O)c2ccc(C3=CC=NC3)cc2n1. The molecule has 1 aliphatic carbocycles. The number of anilines is 2. The van der Waals surface area contributed by atoms with E-state index in [2.05, 4.69) is 33.5 Å². The normalized spacial score (nSPS) is 23.5. The minimum Gasteiger partial charge on any atom is -0.391 e. The summed E-state index contributed by atoms with van der Waals surface area (Å²) in [4.78, 5) is 8.73. The van der Waals surface area contributed by atoms with E-state index in [0.717, 1.165) is 47.8 Å². The van der Waals surface area contributed by atoms with Crippen LogP contribution in [0.15, 0.2) is 35.3 Å². The molecule has 2 heterocycles. The molecule has 1 saturated carbocycles. The molecule has 1 aliphatic heterocycles. The Balaban J connectivity index is 1.70. The van der Waals surface area contributed by atoms with E-state index in [1.807, 2.05) is 18.4 Å². The first kappa shape index (κ1) is 15.1. The highest BCUT2D eigenvalue weighted by atomic mass is 16.3. The minimum atomic E-state index is -0.303. The van der Waals surface area contributed by atoms with Gasteiger partial charge in [-0.15, -0.1) is 0 Å². The van der Waals surface area contributed by atoms with Crippen LogP contribution in [0.5, 0.6) is 0 Å². The van der Waals surface area contributed by atoms with E-state index >= 15 is 0 Å². The summed E-state index contributed by atoms with van der Waals surface area (Å²) in [6, 6.07) is 8.18. The lowest BCUT2D eigenvalue weighted by atomic mass is 9.92. The summed E-state index contributed by atoms with van der Waals surface area (Å²) >= 11 is 0. The van der Waals surface area contributed by atoms with Gasteiger partial charge in [0.15, 0.2) is 0 Å². The fourth-order valence-electron chi connectivity index (χ4n) is 3.58. The number of pyridine rings is 1. The number of benzene rings is 1. The number of allylic oxidation sites excluding steroid dienone is 1. The van der Waals surface area contributed by atoms with E-state index < -0.39 is 0 Å². The summed E-state index contributed by atoms with van der Waals surface area (Å²) in [5.41, 5.74) is 10.2. The Morgan fingerprint density at radius 1 is 1.17 bits per heavy atom. The molecule has 5 heteroatoms. The summed E-state index contributed by atoms with van der Waals surface area (Å²) in [5, 5.41) is 14.8. The maximum atomic E-state index is 10.2. The lowest BCUT2D eigenvalue weighted by molar-refractivity contribution is 0.116. The van der Waals surface area contributed by atoms with Gasteiger partial charge in [0.2, 0.25) is 0 Å². The Hall–Kier alpha value is -2.40. The first-order valence-corrected chi connectivity index (χ1v) is 8.55. The number of aliphatic hydroxyl groups excluding tert-OH is 1. The first-order chi connectivity index (χ1) is 11.7. The first-order valence-electron chi connectivity index (χ1n) is 8.55. The quantitative estimate of drug-likeness (QED) is 0.811. The number of nitrogens with two attached hydrogens (primary N) is 1. The molecule has 4 N–H and O–H groups in total. The second kappa shape index (κ2) is 6.24. The number of hydrogen-bond acceptors (Lipinski definition) is 5. The molecule has 0 radical (unpaired) electrons. The Labute approximate surface area is 141 Å². The van der Waals surface area contributed by atoms with E-state index in [1.54, 1.807) is 0 Å². The van der Waals surface area contributed by atoms with E-state index in [-0.39, 0.29) is 12.1 Å². The van der Waals surface area contributed by atoms with Crippen molar-refractivity contribution in [1.82, 2.24) is 4.98 Å². The zero-order chi connectivity index (χ0) is 16.5. The number of fused-ring (bicyclic) bond motifs is 1. The summed E-state index contributed by atoms with van der Waals surface area (Å²) in [7, 11) is 0. The number of aliphatic imine (C=N–C) groups is 1. The minimum absolute atomic E-state index is 0.0781. The number of nitrogens with one attached hydrogen (secondary N) is 1. The summed E-state index contributed by atoms with van der Waals surface area (Å²) in [5.74, 6) is 0.490. The van der Waals surface area contributed by atoms with Crippen molar-refractivity contribution in [3.8, 4) is 0 Å². The summed E-state index contributed by atoms with van der Waals surface area (Å²) < 4.78 is 0. The van der Waals surface area contributed by atoms with Crippen molar-refractivity contribution < 1.29 is 5.11 Å². The average molecular weight is 322 g/mol. The number of rotatable bonds is 3. The highest BCUT2D eigenvalue weighted by Gasteiger charge is 2.23. The predicted octanol–water partition coefficient (Wildman–Crippen LogP) is 3.00. The van der Waals surface area contributed by atoms with Crippen LogP contribution in [0.25, 0.3) is 16.5 Å². The second-order valence-corrected chi connectivity index (χ2v) is 6.61. The van der Waals surface area contributed by atoms with Crippen LogP contribution in [0.1, 0.15) is 31.2 Å². The maximum Gasteiger partial charge on any atom is 0.126 e. The number of aromatic nitrogens is 1. The van der Waals surface area contributed by atoms with Crippen LogP contribution in [0.2, 0.25) is 0 Å². The molecule has 2 aliphatic rings. The molecule has 1 aromatic carbocycles. The molecule has 124 valence electrons. The highest BCUT2D eigenvalue weighted by molar-refractivity contribution is 5.97. The van der Waals surface area contributed by atoms with Crippen molar-refractivity contribution >= 4 is 34.2 Å². The monoisotopic (exact) mass is 322 g/mol. The van der Waals surface area contributed by atoms with Crippen LogP contribution in [-0.2, 0) is 0 Å². The number of hydrogen-bond donors (Lipinski definition) is 3. The third kappa shape index (κ3) is 2.87. The zero-order valence-corrected chi connectivity index (χ0v) is 13.6. The van der Waals surface area contributed by atoms with Gasteiger partial charge in [0.25, 0.3) is 0 Å². The fourth-order valence-corrected chi connectivity index (χ4v) is 3.58. The molecule has 24 heavy (non-hydrogen) atoms. The summed E-state index contributed by atoms with van der Waals surface area (Å²) in [6.07, 6.45) is 7.64. The van der Waals surface area contributed by atoms with Gasteiger partial charge in [-0.05, 0) is 36.1 Å².